The molecule has 2 aliphatic rings. The second kappa shape index (κ2) is 13.6. The zero-order valence-corrected chi connectivity index (χ0v) is 27.3. The van der Waals surface area contributed by atoms with Crippen LogP contribution in [0.5, 0.6) is 0 Å². The van der Waals surface area contributed by atoms with Gasteiger partial charge in [0.1, 0.15) is 0 Å². The van der Waals surface area contributed by atoms with Crippen molar-refractivity contribution in [2.75, 3.05) is 4.90 Å². The van der Waals surface area contributed by atoms with Gasteiger partial charge in [-0.3, -0.25) is 0 Å². The Morgan fingerprint density at radius 3 is 1.43 bits per heavy atom. The van der Waals surface area contributed by atoms with Crippen molar-refractivity contribution < 1.29 is 0 Å². The molecule has 0 spiro atoms. The van der Waals surface area contributed by atoms with Gasteiger partial charge in [-0.15, -0.1) is 0 Å². The second-order valence-corrected chi connectivity index (χ2v) is 13.9. The molecule has 2 fully saturated rings. The molecule has 6 aromatic rings. The van der Waals surface area contributed by atoms with E-state index in [2.05, 4.69) is 157 Å². The number of fused-ring (bicyclic) bond motifs is 1. The molecule has 0 radical (unpaired) electrons. The fourth-order valence-electron chi connectivity index (χ4n) is 8.70. The van der Waals surface area contributed by atoms with Gasteiger partial charge >= 0.3 is 0 Å². The maximum Gasteiger partial charge on any atom is 0.0371 e. The average molecular weight is 612 g/mol. The Kier molecular flexibility index (Phi) is 8.63. The lowest BCUT2D eigenvalue weighted by Crippen LogP contribution is -2.46. The summed E-state index contributed by atoms with van der Waals surface area (Å²) in [5.41, 5.74) is 9.60. The molecule has 0 N–H and O–H groups in total. The van der Waals surface area contributed by atoms with E-state index >= 15 is 0 Å². The standard InChI is InChI=1S/C46H45N/c1-4-12-34(13-5-1)36-20-26-42(27-21-36)47(43-28-22-37(23-29-43)35-14-6-2-7-15-35)44-30-24-38(25-31-44)41-32-40-18-10-11-19-45(40)46(33-41)39-16-8-3-9-17-39/h1-19,24-25,30-33,36-37,42-43H,20-23,26-29H2. The summed E-state index contributed by atoms with van der Waals surface area (Å²) in [6, 6.07) is 57.7. The van der Waals surface area contributed by atoms with E-state index in [1.54, 1.807) is 0 Å². The largest absolute Gasteiger partial charge is 0.366 e. The van der Waals surface area contributed by atoms with Crippen LogP contribution >= 0.6 is 0 Å². The van der Waals surface area contributed by atoms with E-state index in [4.69, 9.17) is 0 Å². The molecular formula is C46H45N. The van der Waals surface area contributed by atoms with Crippen LogP contribution in [0, 0.1) is 0 Å². The summed E-state index contributed by atoms with van der Waals surface area (Å²) in [4.78, 5) is 2.88. The Morgan fingerprint density at radius 2 is 0.872 bits per heavy atom. The summed E-state index contributed by atoms with van der Waals surface area (Å²) in [5, 5.41) is 2.60. The van der Waals surface area contributed by atoms with Crippen molar-refractivity contribution in [1.29, 1.82) is 0 Å². The fraction of sp³-hybridized carbons (Fsp3) is 0.261. The normalized spacial score (nSPS) is 21.4. The molecule has 0 atom stereocenters. The summed E-state index contributed by atoms with van der Waals surface area (Å²) in [7, 11) is 0. The molecule has 8 rings (SSSR count). The number of benzene rings is 6. The van der Waals surface area contributed by atoms with Crippen molar-refractivity contribution in [3.05, 3.63) is 163 Å². The zero-order chi connectivity index (χ0) is 31.4. The SMILES string of the molecule is c1ccc(-c2cc(-c3ccc(N(C4CCC(c5ccccc5)CC4)C4CCC(c5ccccc5)CC4)cc3)cc3ccccc23)cc1. The minimum atomic E-state index is 0.601. The number of hydrogen-bond acceptors (Lipinski definition) is 1. The highest BCUT2D eigenvalue weighted by Gasteiger charge is 2.33. The monoisotopic (exact) mass is 611 g/mol. The highest BCUT2D eigenvalue weighted by Crippen LogP contribution is 2.42. The van der Waals surface area contributed by atoms with Crippen LogP contribution < -0.4 is 4.90 Å². The molecule has 1 nitrogen and oxygen atoms in total. The minimum absolute atomic E-state index is 0.601. The summed E-state index contributed by atoms with van der Waals surface area (Å²) >= 11 is 0. The highest BCUT2D eigenvalue weighted by molar-refractivity contribution is 6.00. The van der Waals surface area contributed by atoms with Gasteiger partial charge in [-0.25, -0.2) is 0 Å². The lowest BCUT2D eigenvalue weighted by atomic mass is 9.78. The van der Waals surface area contributed by atoms with Crippen LogP contribution in [0.4, 0.5) is 5.69 Å². The average Bonchev–Trinajstić information content (AvgIpc) is 3.16. The smallest absolute Gasteiger partial charge is 0.0371 e. The van der Waals surface area contributed by atoms with E-state index in [1.807, 2.05) is 0 Å². The topological polar surface area (TPSA) is 3.24 Å². The van der Waals surface area contributed by atoms with Crippen LogP contribution in [-0.4, -0.2) is 12.1 Å². The van der Waals surface area contributed by atoms with Crippen molar-refractivity contribution >= 4 is 16.5 Å². The van der Waals surface area contributed by atoms with Gasteiger partial charge in [0, 0.05) is 17.8 Å². The first-order valence-corrected chi connectivity index (χ1v) is 17.9. The Morgan fingerprint density at radius 1 is 0.383 bits per heavy atom. The van der Waals surface area contributed by atoms with E-state index in [-0.39, 0.29) is 0 Å². The summed E-state index contributed by atoms with van der Waals surface area (Å²) in [6.45, 7) is 0. The van der Waals surface area contributed by atoms with Crippen LogP contribution in [0.15, 0.2) is 152 Å². The Labute approximate surface area is 280 Å². The van der Waals surface area contributed by atoms with Crippen LogP contribution in [0.1, 0.15) is 74.3 Å². The Hall–Kier alpha value is -4.62. The number of hydrogen-bond donors (Lipinski definition) is 0. The third-order valence-electron chi connectivity index (χ3n) is 11.2. The summed E-state index contributed by atoms with van der Waals surface area (Å²) in [5.74, 6) is 1.38. The van der Waals surface area contributed by atoms with Gasteiger partial charge < -0.3 is 4.90 Å². The van der Waals surface area contributed by atoms with Crippen molar-refractivity contribution in [2.24, 2.45) is 0 Å². The quantitative estimate of drug-likeness (QED) is 0.174. The van der Waals surface area contributed by atoms with Gasteiger partial charge in [0.05, 0.1) is 0 Å². The first-order chi connectivity index (χ1) is 23.3. The first kappa shape index (κ1) is 29.8. The predicted molar refractivity (Wildman–Crippen MR) is 200 cm³/mol. The molecule has 6 aromatic carbocycles. The van der Waals surface area contributed by atoms with Gasteiger partial charge in [0.25, 0.3) is 0 Å². The molecular weight excluding hydrogens is 567 g/mol. The van der Waals surface area contributed by atoms with Gasteiger partial charge in [-0.1, -0.05) is 127 Å². The minimum Gasteiger partial charge on any atom is -0.366 e. The number of rotatable bonds is 7. The molecule has 0 saturated heterocycles. The lowest BCUT2D eigenvalue weighted by molar-refractivity contribution is 0.310. The maximum atomic E-state index is 2.88. The van der Waals surface area contributed by atoms with Crippen LogP contribution in [-0.2, 0) is 0 Å². The predicted octanol–water partition coefficient (Wildman–Crippen LogP) is 12.4. The third kappa shape index (κ3) is 6.37. The summed E-state index contributed by atoms with van der Waals surface area (Å²) in [6.07, 6.45) is 10.2. The van der Waals surface area contributed by atoms with E-state index in [0.29, 0.717) is 23.9 Å². The third-order valence-corrected chi connectivity index (χ3v) is 11.2. The van der Waals surface area contributed by atoms with Gasteiger partial charge in [-0.2, -0.15) is 0 Å². The highest BCUT2D eigenvalue weighted by atomic mass is 15.2. The molecule has 0 heterocycles. The van der Waals surface area contributed by atoms with Crippen LogP contribution in [0.25, 0.3) is 33.0 Å². The van der Waals surface area contributed by atoms with Crippen molar-refractivity contribution in [3.8, 4) is 22.3 Å². The molecule has 47 heavy (non-hydrogen) atoms. The Balaban J connectivity index is 1.08. The zero-order valence-electron chi connectivity index (χ0n) is 27.3. The van der Waals surface area contributed by atoms with Crippen LogP contribution in [0.2, 0.25) is 0 Å². The first-order valence-electron chi connectivity index (χ1n) is 17.9. The molecule has 1 heteroatoms. The molecule has 234 valence electrons. The molecule has 0 unspecified atom stereocenters. The summed E-state index contributed by atoms with van der Waals surface area (Å²) < 4.78 is 0. The lowest BCUT2D eigenvalue weighted by Gasteiger charge is -2.45. The molecule has 2 saturated carbocycles. The van der Waals surface area contributed by atoms with Crippen molar-refractivity contribution in [3.63, 3.8) is 0 Å². The molecule has 0 amide bonds. The van der Waals surface area contributed by atoms with E-state index < -0.39 is 0 Å². The van der Waals surface area contributed by atoms with Gasteiger partial charge in [-0.05, 0) is 132 Å². The molecule has 0 bridgehead atoms. The molecule has 0 aromatic heterocycles. The maximum absolute atomic E-state index is 2.88. The fourth-order valence-corrected chi connectivity index (χ4v) is 8.70. The number of nitrogens with zero attached hydrogens (tertiary/aromatic N) is 1. The molecule has 2 aliphatic carbocycles. The van der Waals surface area contributed by atoms with Crippen molar-refractivity contribution in [1.82, 2.24) is 0 Å². The van der Waals surface area contributed by atoms with E-state index in [0.717, 1.165) is 0 Å². The van der Waals surface area contributed by atoms with Gasteiger partial charge in [0.15, 0.2) is 0 Å². The molecule has 0 aliphatic heterocycles. The van der Waals surface area contributed by atoms with Crippen LogP contribution in [0.3, 0.4) is 0 Å². The van der Waals surface area contributed by atoms with Crippen molar-refractivity contribution in [2.45, 2.75) is 75.3 Å². The Bertz CT molecular complexity index is 1820. The second-order valence-electron chi connectivity index (χ2n) is 13.9. The van der Waals surface area contributed by atoms with E-state index in [9.17, 15) is 0 Å². The number of anilines is 1. The van der Waals surface area contributed by atoms with E-state index in [1.165, 1.54) is 101 Å². The van der Waals surface area contributed by atoms with Gasteiger partial charge in [0.2, 0.25) is 0 Å².